The van der Waals surface area contributed by atoms with Crippen LogP contribution in [-0.4, -0.2) is 34.9 Å². The number of carbonyl (C=O) groups is 2. The molecular formula is C9H7Cl2N3O2. The summed E-state index contributed by atoms with van der Waals surface area (Å²) < 4.78 is 0. The molecule has 1 saturated heterocycles. The molecule has 3 amide bonds. The number of hydrogen-bond acceptors (Lipinski definition) is 3. The fourth-order valence-electron chi connectivity index (χ4n) is 1.38. The van der Waals surface area contributed by atoms with Gasteiger partial charge in [0.05, 0.1) is 5.56 Å². The minimum atomic E-state index is -0.468. The van der Waals surface area contributed by atoms with Gasteiger partial charge < -0.3 is 5.32 Å². The highest BCUT2D eigenvalue weighted by atomic mass is 35.5. The van der Waals surface area contributed by atoms with Gasteiger partial charge in [-0.1, -0.05) is 23.2 Å². The third kappa shape index (κ3) is 1.96. The van der Waals surface area contributed by atoms with Crippen molar-refractivity contribution in [1.29, 1.82) is 0 Å². The van der Waals surface area contributed by atoms with Crippen molar-refractivity contribution in [3.05, 3.63) is 28.0 Å². The van der Waals surface area contributed by atoms with Gasteiger partial charge in [-0.2, -0.15) is 0 Å². The maximum absolute atomic E-state index is 11.9. The summed E-state index contributed by atoms with van der Waals surface area (Å²) in [5.41, 5.74) is 0.170. The summed E-state index contributed by atoms with van der Waals surface area (Å²) in [6.45, 7) is 0.778. The van der Waals surface area contributed by atoms with Gasteiger partial charge in [-0.15, -0.1) is 0 Å². The van der Waals surface area contributed by atoms with E-state index in [0.29, 0.717) is 13.1 Å². The minimum absolute atomic E-state index is 0.00259. The molecule has 0 unspecified atom stereocenters. The van der Waals surface area contributed by atoms with Crippen molar-refractivity contribution in [2.45, 2.75) is 0 Å². The second-order valence-corrected chi connectivity index (χ2v) is 3.91. The number of pyridine rings is 1. The summed E-state index contributed by atoms with van der Waals surface area (Å²) in [6, 6.07) is 2.48. The van der Waals surface area contributed by atoms with E-state index in [2.05, 4.69) is 10.3 Å². The summed E-state index contributed by atoms with van der Waals surface area (Å²) in [7, 11) is 0. The van der Waals surface area contributed by atoms with Gasteiger partial charge in [-0.3, -0.25) is 9.69 Å². The first-order valence-corrected chi connectivity index (χ1v) is 5.27. The molecule has 84 valence electrons. The second kappa shape index (κ2) is 4.27. The van der Waals surface area contributed by atoms with Gasteiger partial charge in [0, 0.05) is 13.1 Å². The van der Waals surface area contributed by atoms with Gasteiger partial charge in [0.1, 0.15) is 10.3 Å². The van der Waals surface area contributed by atoms with Crippen LogP contribution in [0.1, 0.15) is 10.4 Å². The summed E-state index contributed by atoms with van der Waals surface area (Å²) in [6.07, 6.45) is 0. The number of rotatable bonds is 1. The van der Waals surface area contributed by atoms with E-state index < -0.39 is 11.9 Å². The fourth-order valence-corrected chi connectivity index (χ4v) is 1.81. The highest BCUT2D eigenvalue weighted by molar-refractivity contribution is 6.34. The first-order valence-electron chi connectivity index (χ1n) is 4.51. The molecule has 0 aliphatic carbocycles. The number of amides is 3. The number of nitrogens with one attached hydrogen (secondary N) is 1. The van der Waals surface area contributed by atoms with Gasteiger partial charge >= 0.3 is 6.03 Å². The van der Waals surface area contributed by atoms with E-state index in [1.165, 1.54) is 12.1 Å². The molecule has 0 aromatic carbocycles. The Labute approximate surface area is 101 Å². The Morgan fingerprint density at radius 1 is 1.44 bits per heavy atom. The molecule has 2 rings (SSSR count). The van der Waals surface area contributed by atoms with Crippen LogP contribution in [0.4, 0.5) is 4.79 Å². The summed E-state index contributed by atoms with van der Waals surface area (Å²) in [5, 5.41) is 2.73. The lowest BCUT2D eigenvalue weighted by Gasteiger charge is -2.12. The summed E-state index contributed by atoms with van der Waals surface area (Å²) in [4.78, 5) is 28.0. The molecule has 1 aromatic heterocycles. The summed E-state index contributed by atoms with van der Waals surface area (Å²) in [5.74, 6) is -0.468. The van der Waals surface area contributed by atoms with E-state index >= 15 is 0 Å². The van der Waals surface area contributed by atoms with Crippen LogP contribution < -0.4 is 5.32 Å². The van der Waals surface area contributed by atoms with Crippen LogP contribution in [0.3, 0.4) is 0 Å². The first-order chi connectivity index (χ1) is 7.59. The maximum atomic E-state index is 11.9. The number of imide groups is 1. The number of carbonyl (C=O) groups excluding carboxylic acids is 2. The Balaban J connectivity index is 2.30. The van der Waals surface area contributed by atoms with Crippen molar-refractivity contribution in [2.24, 2.45) is 0 Å². The molecule has 0 spiro atoms. The zero-order valence-corrected chi connectivity index (χ0v) is 9.55. The van der Waals surface area contributed by atoms with Crippen LogP contribution >= 0.6 is 23.2 Å². The molecule has 16 heavy (non-hydrogen) atoms. The van der Waals surface area contributed by atoms with Crippen molar-refractivity contribution >= 4 is 35.1 Å². The van der Waals surface area contributed by atoms with Crippen LogP contribution in [0.5, 0.6) is 0 Å². The van der Waals surface area contributed by atoms with Gasteiger partial charge in [0.25, 0.3) is 5.91 Å². The fraction of sp³-hybridized carbons (Fsp3) is 0.222. The molecule has 0 saturated carbocycles. The highest BCUT2D eigenvalue weighted by Gasteiger charge is 2.28. The van der Waals surface area contributed by atoms with Gasteiger partial charge in [-0.25, -0.2) is 9.78 Å². The topological polar surface area (TPSA) is 62.3 Å². The van der Waals surface area contributed by atoms with Crippen molar-refractivity contribution < 1.29 is 9.59 Å². The molecule has 1 fully saturated rings. The van der Waals surface area contributed by atoms with Crippen LogP contribution in [0.25, 0.3) is 0 Å². The Bertz CT molecular complexity index is 464. The van der Waals surface area contributed by atoms with Crippen molar-refractivity contribution in [1.82, 2.24) is 15.2 Å². The van der Waals surface area contributed by atoms with Gasteiger partial charge in [-0.05, 0) is 12.1 Å². The van der Waals surface area contributed by atoms with E-state index in [1.807, 2.05) is 0 Å². The Hall–Kier alpha value is -1.33. The largest absolute Gasteiger partial charge is 0.336 e. The molecule has 5 nitrogen and oxygen atoms in total. The standard InChI is InChI=1S/C9H7Cl2N3O2/c10-6-2-1-5(7(11)13-6)8(15)14-4-3-12-9(14)16/h1-2H,3-4H2,(H,12,16). The Kier molecular flexibility index (Phi) is 2.98. The third-order valence-corrected chi connectivity index (χ3v) is 2.65. The van der Waals surface area contributed by atoms with E-state index in [0.717, 1.165) is 4.90 Å². The molecule has 1 aliphatic rings. The zero-order chi connectivity index (χ0) is 11.7. The summed E-state index contributed by atoms with van der Waals surface area (Å²) >= 11 is 11.4. The number of halogens is 2. The lowest BCUT2D eigenvalue weighted by molar-refractivity contribution is 0.0829. The number of nitrogens with zero attached hydrogens (tertiary/aromatic N) is 2. The predicted octanol–water partition coefficient (Wildman–Crippen LogP) is 1.55. The zero-order valence-electron chi connectivity index (χ0n) is 8.04. The Morgan fingerprint density at radius 3 is 2.75 bits per heavy atom. The van der Waals surface area contributed by atoms with E-state index in [1.54, 1.807) is 0 Å². The maximum Gasteiger partial charge on any atom is 0.324 e. The Morgan fingerprint density at radius 2 is 2.19 bits per heavy atom. The van der Waals surface area contributed by atoms with Crippen LogP contribution in [0.15, 0.2) is 12.1 Å². The van der Waals surface area contributed by atoms with E-state index in [-0.39, 0.29) is 15.9 Å². The molecule has 1 aliphatic heterocycles. The normalized spacial score (nSPS) is 15.1. The van der Waals surface area contributed by atoms with Crippen LogP contribution in [0.2, 0.25) is 10.3 Å². The van der Waals surface area contributed by atoms with Gasteiger partial charge in [0.15, 0.2) is 0 Å². The molecule has 1 aromatic rings. The minimum Gasteiger partial charge on any atom is -0.336 e. The smallest absolute Gasteiger partial charge is 0.324 e. The average Bonchev–Trinajstić information content (AvgIpc) is 2.63. The molecule has 7 heteroatoms. The number of urea groups is 1. The molecule has 0 atom stereocenters. The van der Waals surface area contributed by atoms with Gasteiger partial charge in [0.2, 0.25) is 0 Å². The van der Waals surface area contributed by atoms with E-state index in [9.17, 15) is 9.59 Å². The number of aromatic nitrogens is 1. The van der Waals surface area contributed by atoms with Crippen LogP contribution in [0, 0.1) is 0 Å². The molecule has 0 radical (unpaired) electrons. The molecule has 1 N–H and O–H groups in total. The lowest BCUT2D eigenvalue weighted by atomic mass is 10.2. The SMILES string of the molecule is O=C1NCCN1C(=O)c1ccc(Cl)nc1Cl. The highest BCUT2D eigenvalue weighted by Crippen LogP contribution is 2.19. The molecular weight excluding hydrogens is 253 g/mol. The monoisotopic (exact) mass is 259 g/mol. The predicted molar refractivity (Wildman–Crippen MR) is 58.7 cm³/mol. The second-order valence-electron chi connectivity index (χ2n) is 3.16. The van der Waals surface area contributed by atoms with E-state index in [4.69, 9.17) is 23.2 Å². The average molecular weight is 260 g/mol. The van der Waals surface area contributed by atoms with Crippen molar-refractivity contribution in [2.75, 3.05) is 13.1 Å². The van der Waals surface area contributed by atoms with Crippen molar-refractivity contribution in [3.8, 4) is 0 Å². The van der Waals surface area contributed by atoms with Crippen molar-refractivity contribution in [3.63, 3.8) is 0 Å². The first kappa shape index (κ1) is 11.2. The molecule has 2 heterocycles. The quantitative estimate of drug-likeness (QED) is 0.779. The third-order valence-electron chi connectivity index (χ3n) is 2.15. The number of hydrogen-bond donors (Lipinski definition) is 1. The van der Waals surface area contributed by atoms with Crippen LogP contribution in [-0.2, 0) is 0 Å². The lowest BCUT2D eigenvalue weighted by Crippen LogP contribution is -2.34. The molecule has 0 bridgehead atoms.